The standard InChI is InChI=1S/C39H25N5/c1-3-12-26(13-4-1)28-22-33(27-14-5-2-6-15-27)42-36(23-28)44-35-20-10-8-18-31(35)37-38-32(25-41-39(37)44)30-17-7-9-19-34(30)43(38)29-16-11-21-40-24-29/h1-25H. The van der Waals surface area contributed by atoms with Crippen LogP contribution in [-0.2, 0) is 0 Å². The number of hydrogen-bond acceptors (Lipinski definition) is 3. The Balaban J connectivity index is 1.43. The molecule has 5 nitrogen and oxygen atoms in total. The van der Waals surface area contributed by atoms with Gasteiger partial charge in [0.25, 0.3) is 0 Å². The van der Waals surface area contributed by atoms with E-state index in [0.717, 1.165) is 77.6 Å². The first kappa shape index (κ1) is 24.5. The second-order valence-electron chi connectivity index (χ2n) is 11.0. The molecule has 4 aromatic carbocycles. The maximum absolute atomic E-state index is 5.28. The summed E-state index contributed by atoms with van der Waals surface area (Å²) < 4.78 is 4.54. The van der Waals surface area contributed by atoms with E-state index in [1.165, 1.54) is 0 Å². The maximum atomic E-state index is 5.28. The molecule has 5 heteroatoms. The molecule has 0 saturated carbocycles. The van der Waals surface area contributed by atoms with Crippen molar-refractivity contribution in [3.05, 3.63) is 152 Å². The van der Waals surface area contributed by atoms with Crippen LogP contribution in [0, 0.1) is 0 Å². The topological polar surface area (TPSA) is 48.5 Å². The van der Waals surface area contributed by atoms with Crippen molar-refractivity contribution < 1.29 is 0 Å². The summed E-state index contributed by atoms with van der Waals surface area (Å²) in [7, 11) is 0. The maximum Gasteiger partial charge on any atom is 0.148 e. The van der Waals surface area contributed by atoms with E-state index in [1.54, 1.807) is 0 Å². The molecule has 0 aliphatic carbocycles. The predicted octanol–water partition coefficient (Wildman–Crippen LogP) is 9.40. The van der Waals surface area contributed by atoms with E-state index in [9.17, 15) is 0 Å². The van der Waals surface area contributed by atoms with Crippen LogP contribution in [0.15, 0.2) is 152 Å². The van der Waals surface area contributed by atoms with Crippen LogP contribution in [0.4, 0.5) is 0 Å². The normalized spacial score (nSPS) is 11.6. The predicted molar refractivity (Wildman–Crippen MR) is 179 cm³/mol. The van der Waals surface area contributed by atoms with Crippen LogP contribution in [0.2, 0.25) is 0 Å². The Morgan fingerprint density at radius 2 is 1.18 bits per heavy atom. The summed E-state index contributed by atoms with van der Waals surface area (Å²) >= 11 is 0. The Morgan fingerprint density at radius 3 is 1.93 bits per heavy atom. The number of para-hydroxylation sites is 2. The van der Waals surface area contributed by atoms with Crippen molar-refractivity contribution in [3.8, 4) is 33.9 Å². The highest BCUT2D eigenvalue weighted by molar-refractivity contribution is 6.24. The second kappa shape index (κ2) is 9.75. The molecule has 5 heterocycles. The first-order chi connectivity index (χ1) is 21.8. The van der Waals surface area contributed by atoms with Gasteiger partial charge < -0.3 is 4.57 Å². The lowest BCUT2D eigenvalue weighted by atomic mass is 10.0. The third kappa shape index (κ3) is 3.69. The number of aromatic nitrogens is 5. The number of pyridine rings is 3. The van der Waals surface area contributed by atoms with E-state index in [4.69, 9.17) is 9.97 Å². The van der Waals surface area contributed by atoms with E-state index in [1.807, 2.05) is 36.8 Å². The minimum atomic E-state index is 0.826. The molecule has 9 rings (SSSR count). The van der Waals surface area contributed by atoms with Gasteiger partial charge in [-0.15, -0.1) is 0 Å². The minimum absolute atomic E-state index is 0.826. The van der Waals surface area contributed by atoms with Gasteiger partial charge in [-0.25, -0.2) is 9.97 Å². The summed E-state index contributed by atoms with van der Waals surface area (Å²) in [5.41, 5.74) is 9.40. The van der Waals surface area contributed by atoms with Crippen molar-refractivity contribution in [2.75, 3.05) is 0 Å². The van der Waals surface area contributed by atoms with Gasteiger partial charge >= 0.3 is 0 Å². The summed E-state index contributed by atoms with van der Waals surface area (Å²) in [5.74, 6) is 0.826. The van der Waals surface area contributed by atoms with Crippen LogP contribution in [0.3, 0.4) is 0 Å². The highest BCUT2D eigenvalue weighted by Crippen LogP contribution is 2.41. The summed E-state index contributed by atoms with van der Waals surface area (Å²) in [6.07, 6.45) is 5.76. The summed E-state index contributed by atoms with van der Waals surface area (Å²) in [6.45, 7) is 0. The van der Waals surface area contributed by atoms with Gasteiger partial charge in [-0.3, -0.25) is 9.55 Å². The zero-order valence-electron chi connectivity index (χ0n) is 23.7. The minimum Gasteiger partial charge on any atom is -0.307 e. The fourth-order valence-electron chi connectivity index (χ4n) is 6.52. The third-order valence-corrected chi connectivity index (χ3v) is 8.44. The average molecular weight is 564 g/mol. The molecule has 5 aromatic heterocycles. The summed E-state index contributed by atoms with van der Waals surface area (Å²) in [5, 5.41) is 4.48. The van der Waals surface area contributed by atoms with Gasteiger partial charge in [0.1, 0.15) is 11.5 Å². The van der Waals surface area contributed by atoms with Gasteiger partial charge in [0.2, 0.25) is 0 Å². The van der Waals surface area contributed by atoms with Crippen LogP contribution >= 0.6 is 0 Å². The van der Waals surface area contributed by atoms with Gasteiger partial charge in [-0.1, -0.05) is 97.1 Å². The van der Waals surface area contributed by atoms with Gasteiger partial charge in [-0.2, -0.15) is 0 Å². The largest absolute Gasteiger partial charge is 0.307 e. The molecule has 0 spiro atoms. The second-order valence-corrected chi connectivity index (χ2v) is 11.0. The van der Waals surface area contributed by atoms with E-state index < -0.39 is 0 Å². The molecule has 0 saturated heterocycles. The summed E-state index contributed by atoms with van der Waals surface area (Å²) in [6, 6.07) is 46.4. The molecule has 206 valence electrons. The Labute approximate surface area is 253 Å². The van der Waals surface area contributed by atoms with E-state index in [-0.39, 0.29) is 0 Å². The first-order valence-electron chi connectivity index (χ1n) is 14.7. The molecule has 0 fully saturated rings. The highest BCUT2D eigenvalue weighted by atomic mass is 15.1. The van der Waals surface area contributed by atoms with Crippen LogP contribution in [-0.4, -0.2) is 24.1 Å². The smallest absolute Gasteiger partial charge is 0.148 e. The van der Waals surface area contributed by atoms with Crippen molar-refractivity contribution >= 4 is 43.7 Å². The van der Waals surface area contributed by atoms with Crippen molar-refractivity contribution in [2.45, 2.75) is 0 Å². The van der Waals surface area contributed by atoms with Crippen molar-refractivity contribution in [2.24, 2.45) is 0 Å². The Kier molecular flexibility index (Phi) is 5.43. The molecule has 0 N–H and O–H groups in total. The molecule has 0 radical (unpaired) electrons. The van der Waals surface area contributed by atoms with E-state index in [2.05, 4.69) is 129 Å². The molecule has 9 aromatic rings. The van der Waals surface area contributed by atoms with Gasteiger partial charge in [0.15, 0.2) is 0 Å². The lowest BCUT2D eigenvalue weighted by Crippen LogP contribution is -2.01. The molecule has 0 atom stereocenters. The molecular formula is C39H25N5. The quantitative estimate of drug-likeness (QED) is 0.214. The van der Waals surface area contributed by atoms with Crippen LogP contribution < -0.4 is 0 Å². The average Bonchev–Trinajstić information content (AvgIpc) is 3.62. The van der Waals surface area contributed by atoms with Gasteiger partial charge in [0.05, 0.1) is 39.5 Å². The van der Waals surface area contributed by atoms with Crippen molar-refractivity contribution in [3.63, 3.8) is 0 Å². The molecule has 0 aliphatic heterocycles. The lowest BCUT2D eigenvalue weighted by Gasteiger charge is -2.12. The van der Waals surface area contributed by atoms with Gasteiger partial charge in [-0.05, 0) is 47.5 Å². The monoisotopic (exact) mass is 563 g/mol. The van der Waals surface area contributed by atoms with Gasteiger partial charge in [0, 0.05) is 34.1 Å². The number of hydrogen-bond donors (Lipinski definition) is 0. The Morgan fingerprint density at radius 1 is 0.500 bits per heavy atom. The Bertz CT molecular complexity index is 2420. The molecule has 0 bridgehead atoms. The number of rotatable bonds is 4. The Hall–Kier alpha value is -6.07. The molecule has 0 aliphatic rings. The molecule has 0 unspecified atom stereocenters. The molecule has 0 amide bonds. The zero-order valence-corrected chi connectivity index (χ0v) is 23.7. The fraction of sp³-hybridized carbons (Fsp3) is 0. The van der Waals surface area contributed by atoms with Crippen LogP contribution in [0.25, 0.3) is 77.6 Å². The number of benzene rings is 4. The number of nitrogens with zero attached hydrogens (tertiary/aromatic N) is 5. The SMILES string of the molecule is c1ccc(-c2cc(-c3ccccc3)nc(-n3c4ccccc4c4c3ncc3c5ccccc5n(-c5cccnc5)c34)c2)cc1. The van der Waals surface area contributed by atoms with Crippen LogP contribution in [0.1, 0.15) is 0 Å². The third-order valence-electron chi connectivity index (χ3n) is 8.44. The lowest BCUT2D eigenvalue weighted by molar-refractivity contribution is 1.06. The van der Waals surface area contributed by atoms with E-state index in [0.29, 0.717) is 0 Å². The van der Waals surface area contributed by atoms with E-state index >= 15 is 0 Å². The summed E-state index contributed by atoms with van der Waals surface area (Å²) in [4.78, 5) is 14.9. The van der Waals surface area contributed by atoms with Crippen molar-refractivity contribution in [1.29, 1.82) is 0 Å². The molecule has 44 heavy (non-hydrogen) atoms. The highest BCUT2D eigenvalue weighted by Gasteiger charge is 2.22. The fourth-order valence-corrected chi connectivity index (χ4v) is 6.52. The van der Waals surface area contributed by atoms with Crippen molar-refractivity contribution in [1.82, 2.24) is 24.1 Å². The first-order valence-corrected chi connectivity index (χ1v) is 14.7. The van der Waals surface area contributed by atoms with Crippen LogP contribution in [0.5, 0.6) is 0 Å². The zero-order chi connectivity index (χ0) is 29.0. The number of fused-ring (bicyclic) bond motifs is 7. The molecular weight excluding hydrogens is 538 g/mol.